The Labute approximate surface area is 245 Å². The summed E-state index contributed by atoms with van der Waals surface area (Å²) in [5.74, 6) is 0.213. The zero-order chi connectivity index (χ0) is 29.8. The summed E-state index contributed by atoms with van der Waals surface area (Å²) < 4.78 is 18.5. The Morgan fingerprint density at radius 1 is 0.902 bits per heavy atom. The number of aryl methyl sites for hydroxylation is 1. The van der Waals surface area contributed by atoms with Crippen molar-refractivity contribution in [2.75, 3.05) is 4.90 Å². The summed E-state index contributed by atoms with van der Waals surface area (Å²) in [6, 6.07) is 25.6. The molecule has 1 fully saturated rings. The van der Waals surface area contributed by atoms with Crippen molar-refractivity contribution in [3.8, 4) is 0 Å². The highest BCUT2D eigenvalue weighted by Crippen LogP contribution is 2.37. The molecule has 3 aromatic carbocycles. The Morgan fingerprint density at radius 2 is 1.46 bits per heavy atom. The molecule has 1 heterocycles. The number of allylic oxidation sites excluding steroid dienone is 1. The molecule has 1 aliphatic rings. The molecule has 6 nitrogen and oxygen atoms in total. The van der Waals surface area contributed by atoms with E-state index in [0.717, 1.165) is 16.6 Å². The number of benzene rings is 3. The summed E-state index contributed by atoms with van der Waals surface area (Å²) in [4.78, 5) is 15.2. The summed E-state index contributed by atoms with van der Waals surface area (Å²) >= 11 is 0. The number of anilines is 1. The van der Waals surface area contributed by atoms with Crippen LogP contribution in [0.4, 0.5) is 10.5 Å². The predicted octanol–water partition coefficient (Wildman–Crippen LogP) is 7.46. The largest absolute Gasteiger partial charge is 0.512 e. The van der Waals surface area contributed by atoms with Gasteiger partial charge in [0.25, 0.3) is 0 Å². The zero-order valence-electron chi connectivity index (χ0n) is 25.3. The van der Waals surface area contributed by atoms with Gasteiger partial charge in [-0.25, -0.2) is 4.79 Å². The van der Waals surface area contributed by atoms with Crippen LogP contribution >= 0.6 is 0 Å². The van der Waals surface area contributed by atoms with Crippen molar-refractivity contribution >= 4 is 30.4 Å². The maximum absolute atomic E-state index is 13.6. The topological polar surface area (TPSA) is 68.2 Å². The van der Waals surface area contributed by atoms with Crippen molar-refractivity contribution in [2.45, 2.75) is 84.7 Å². The Morgan fingerprint density at radius 3 is 2.02 bits per heavy atom. The van der Waals surface area contributed by atoms with Gasteiger partial charge in [0.15, 0.2) is 0 Å². The van der Waals surface area contributed by atoms with Gasteiger partial charge < -0.3 is 19.2 Å². The number of rotatable bonds is 8. The molecule has 0 aromatic heterocycles. The molecule has 0 unspecified atom stereocenters. The minimum Gasteiger partial charge on any atom is -0.512 e. The lowest BCUT2D eigenvalue weighted by molar-refractivity contribution is 0.00578. The van der Waals surface area contributed by atoms with Gasteiger partial charge >= 0.3 is 13.2 Å². The van der Waals surface area contributed by atoms with E-state index in [1.54, 1.807) is 11.0 Å². The highest BCUT2D eigenvalue weighted by Gasteiger charge is 2.51. The van der Waals surface area contributed by atoms with Gasteiger partial charge in [-0.2, -0.15) is 0 Å². The minimum absolute atomic E-state index is 0.213. The second-order valence-electron chi connectivity index (χ2n) is 12.6. The number of nitrogens with zero attached hydrogens (tertiary/aromatic N) is 1. The molecule has 0 saturated carbocycles. The molecule has 0 aliphatic carbocycles. The number of carbonyl (C=O) groups excluding carboxylic acids is 1. The highest BCUT2D eigenvalue weighted by molar-refractivity contribution is 6.62. The van der Waals surface area contributed by atoms with E-state index in [-0.39, 0.29) is 5.76 Å². The monoisotopic (exact) mass is 555 g/mol. The van der Waals surface area contributed by atoms with E-state index < -0.39 is 30.0 Å². The number of aliphatic hydroxyl groups excluding tert-OH is 1. The summed E-state index contributed by atoms with van der Waals surface area (Å²) in [7, 11) is -0.586. The molecule has 7 heteroatoms. The summed E-state index contributed by atoms with van der Waals surface area (Å²) in [5, 5.41) is 11.1. The first-order valence-electron chi connectivity index (χ1n) is 14.2. The van der Waals surface area contributed by atoms with E-state index >= 15 is 0 Å². The number of aliphatic hydroxyl groups is 1. The quantitative estimate of drug-likeness (QED) is 0.231. The Hall–Kier alpha value is -3.55. The van der Waals surface area contributed by atoms with Gasteiger partial charge in [0.2, 0.25) is 0 Å². The van der Waals surface area contributed by atoms with Crippen molar-refractivity contribution in [1.29, 1.82) is 0 Å². The molecule has 0 radical (unpaired) electrons. The Kier molecular flexibility index (Phi) is 9.00. The van der Waals surface area contributed by atoms with Crippen molar-refractivity contribution in [2.24, 2.45) is 0 Å². The van der Waals surface area contributed by atoms with Crippen molar-refractivity contribution in [1.82, 2.24) is 0 Å². The first-order valence-corrected chi connectivity index (χ1v) is 14.2. The van der Waals surface area contributed by atoms with Gasteiger partial charge in [-0.05, 0) is 83.6 Å². The van der Waals surface area contributed by atoms with E-state index in [9.17, 15) is 9.90 Å². The van der Waals surface area contributed by atoms with Gasteiger partial charge in [-0.15, -0.1) is 0 Å². The van der Waals surface area contributed by atoms with Crippen LogP contribution in [0.2, 0.25) is 0 Å². The van der Waals surface area contributed by atoms with Crippen molar-refractivity contribution in [3.05, 3.63) is 101 Å². The van der Waals surface area contributed by atoms with Crippen LogP contribution in [-0.4, -0.2) is 35.1 Å². The Bertz CT molecular complexity index is 1350. The number of amides is 1. The second-order valence-corrected chi connectivity index (χ2v) is 12.6. The van der Waals surface area contributed by atoms with Crippen LogP contribution in [0.25, 0.3) is 6.08 Å². The van der Waals surface area contributed by atoms with Crippen LogP contribution in [-0.2, 0) is 27.0 Å². The molecule has 1 aliphatic heterocycles. The van der Waals surface area contributed by atoms with Gasteiger partial charge in [0.1, 0.15) is 5.60 Å². The molecular formula is C34H42BNO5. The molecule has 1 N–H and O–H groups in total. The van der Waals surface area contributed by atoms with E-state index in [2.05, 4.69) is 0 Å². The van der Waals surface area contributed by atoms with Gasteiger partial charge in [0, 0.05) is 12.0 Å². The van der Waals surface area contributed by atoms with E-state index in [4.69, 9.17) is 14.0 Å². The summed E-state index contributed by atoms with van der Waals surface area (Å²) in [6.45, 7) is 13.9. The molecule has 216 valence electrons. The maximum atomic E-state index is 13.6. The standard InChI is InChI=1S/C34H42BNO5/c1-32(2,3)39-31(38)36(24-26-16-12-9-13-17-26)30-21-19-28(35-40-33(4,5)34(6,7)41-35)22-27(30)23-29(37)20-18-25-14-10-8-11-15-25/h8-17,19,21-23,37H,18,20,24H2,1-7H3/b29-23-. The van der Waals surface area contributed by atoms with Gasteiger partial charge in [-0.3, -0.25) is 4.90 Å². The van der Waals surface area contributed by atoms with Crippen LogP contribution in [0.3, 0.4) is 0 Å². The first-order chi connectivity index (χ1) is 19.2. The van der Waals surface area contributed by atoms with Crippen molar-refractivity contribution < 1.29 is 23.9 Å². The van der Waals surface area contributed by atoms with Gasteiger partial charge in [-0.1, -0.05) is 72.8 Å². The molecule has 3 aromatic rings. The lowest BCUT2D eigenvalue weighted by Crippen LogP contribution is -2.41. The molecular weight excluding hydrogens is 513 g/mol. The molecule has 1 saturated heterocycles. The predicted molar refractivity (Wildman–Crippen MR) is 166 cm³/mol. The number of ether oxygens (including phenoxy) is 1. The smallest absolute Gasteiger partial charge is 0.494 e. The number of hydrogen-bond donors (Lipinski definition) is 1. The number of hydrogen-bond acceptors (Lipinski definition) is 5. The van der Waals surface area contributed by atoms with Crippen molar-refractivity contribution in [3.63, 3.8) is 0 Å². The summed E-state index contributed by atoms with van der Waals surface area (Å²) in [5.41, 5.74) is 2.51. The fourth-order valence-corrected chi connectivity index (χ4v) is 4.56. The van der Waals surface area contributed by atoms with E-state index in [1.165, 1.54) is 0 Å². The SMILES string of the molecule is CC(C)(C)OC(=O)N(Cc1ccccc1)c1ccc(B2OC(C)(C)C(C)(C)O2)cc1/C=C(\O)CCc1ccccc1. The molecule has 41 heavy (non-hydrogen) atoms. The fourth-order valence-electron chi connectivity index (χ4n) is 4.56. The fraction of sp³-hybridized carbons (Fsp3) is 0.382. The van der Waals surface area contributed by atoms with Crippen LogP contribution in [0, 0.1) is 0 Å². The molecule has 1 amide bonds. The molecule has 0 spiro atoms. The van der Waals surface area contributed by atoms with Crippen LogP contribution in [0.1, 0.15) is 71.6 Å². The normalized spacial score (nSPS) is 16.5. The van der Waals surface area contributed by atoms with Crippen LogP contribution < -0.4 is 10.4 Å². The maximum Gasteiger partial charge on any atom is 0.494 e. The first kappa shape index (κ1) is 30.4. The zero-order valence-corrected chi connectivity index (χ0v) is 25.3. The average Bonchev–Trinajstić information content (AvgIpc) is 3.13. The third-order valence-corrected chi connectivity index (χ3v) is 7.50. The van der Waals surface area contributed by atoms with Gasteiger partial charge in [0.05, 0.1) is 29.2 Å². The minimum atomic E-state index is -0.678. The summed E-state index contributed by atoms with van der Waals surface area (Å²) in [6.07, 6.45) is 2.41. The lowest BCUT2D eigenvalue weighted by atomic mass is 9.78. The number of carbonyl (C=O) groups is 1. The molecule has 0 bridgehead atoms. The highest BCUT2D eigenvalue weighted by atomic mass is 16.7. The van der Waals surface area contributed by atoms with E-state index in [1.807, 2.05) is 127 Å². The average molecular weight is 556 g/mol. The molecule has 0 atom stereocenters. The third-order valence-electron chi connectivity index (χ3n) is 7.50. The van der Waals surface area contributed by atoms with Crippen LogP contribution in [0.15, 0.2) is 84.6 Å². The second kappa shape index (κ2) is 12.1. The van der Waals surface area contributed by atoms with E-state index in [0.29, 0.717) is 30.6 Å². The lowest BCUT2D eigenvalue weighted by Gasteiger charge is -2.32. The molecule has 4 rings (SSSR count). The Balaban J connectivity index is 1.75. The third kappa shape index (κ3) is 7.81. The van der Waals surface area contributed by atoms with Crippen LogP contribution in [0.5, 0.6) is 0 Å².